The summed E-state index contributed by atoms with van der Waals surface area (Å²) in [7, 11) is -3.67. The number of nitrogens with zero attached hydrogens (tertiary/aromatic N) is 4. The molecular weight excluding hydrogens is 404 g/mol. The van der Waals surface area contributed by atoms with Gasteiger partial charge in [-0.15, -0.1) is 0 Å². The number of piperazine rings is 1. The van der Waals surface area contributed by atoms with Crippen molar-refractivity contribution in [3.8, 4) is 0 Å². The van der Waals surface area contributed by atoms with Crippen LogP contribution in [-0.2, 0) is 21.4 Å². The minimum Gasteiger partial charge on any atom is -0.360 e. The van der Waals surface area contributed by atoms with Gasteiger partial charge in [0.1, 0.15) is 10.6 Å². The van der Waals surface area contributed by atoms with Crippen molar-refractivity contribution in [2.75, 3.05) is 39.3 Å². The molecule has 8 nitrogen and oxygen atoms in total. The Morgan fingerprint density at radius 3 is 2.37 bits per heavy atom. The van der Waals surface area contributed by atoms with Gasteiger partial charge in [0.15, 0.2) is 5.76 Å². The van der Waals surface area contributed by atoms with Gasteiger partial charge in [-0.3, -0.25) is 9.69 Å². The highest BCUT2D eigenvalue weighted by Crippen LogP contribution is 2.24. The van der Waals surface area contributed by atoms with Crippen LogP contribution in [0.25, 0.3) is 0 Å². The second kappa shape index (κ2) is 9.28. The van der Waals surface area contributed by atoms with Crippen molar-refractivity contribution in [3.63, 3.8) is 0 Å². The largest absolute Gasteiger partial charge is 0.360 e. The number of carbonyl (C=O) groups excluding carboxylic acids is 1. The van der Waals surface area contributed by atoms with E-state index in [1.165, 1.54) is 15.4 Å². The number of likely N-dealkylation sites (N-methyl/N-ethyl adjacent to an activating group) is 1. The second-order valence-corrected chi connectivity index (χ2v) is 9.54. The van der Waals surface area contributed by atoms with Crippen LogP contribution in [0.2, 0.25) is 0 Å². The van der Waals surface area contributed by atoms with Gasteiger partial charge in [-0.05, 0) is 38.4 Å². The smallest absolute Gasteiger partial charge is 0.248 e. The van der Waals surface area contributed by atoms with E-state index in [0.717, 1.165) is 13.1 Å². The molecule has 1 aliphatic rings. The van der Waals surface area contributed by atoms with Crippen LogP contribution in [-0.4, -0.2) is 72.9 Å². The first kappa shape index (κ1) is 22.5. The van der Waals surface area contributed by atoms with Gasteiger partial charge in [0, 0.05) is 32.7 Å². The van der Waals surface area contributed by atoms with E-state index >= 15 is 0 Å². The quantitative estimate of drug-likeness (QED) is 0.662. The third-order valence-electron chi connectivity index (χ3n) is 5.62. The molecule has 0 radical (unpaired) electrons. The van der Waals surface area contributed by atoms with Gasteiger partial charge in [-0.1, -0.05) is 36.3 Å². The van der Waals surface area contributed by atoms with Gasteiger partial charge in [-0.25, -0.2) is 8.42 Å². The van der Waals surface area contributed by atoms with Crippen LogP contribution in [0.5, 0.6) is 0 Å². The molecule has 0 spiro atoms. The van der Waals surface area contributed by atoms with Crippen LogP contribution in [0.3, 0.4) is 0 Å². The van der Waals surface area contributed by atoms with Crippen molar-refractivity contribution < 1.29 is 17.7 Å². The molecular formula is C21H30N4O4S. The van der Waals surface area contributed by atoms with E-state index in [9.17, 15) is 13.2 Å². The monoisotopic (exact) mass is 434 g/mol. The Bertz CT molecular complexity index is 975. The lowest BCUT2D eigenvalue weighted by atomic mass is 10.1. The number of hydrogen-bond donors (Lipinski definition) is 0. The number of amides is 1. The molecule has 1 aliphatic heterocycles. The third-order valence-corrected chi connectivity index (χ3v) is 7.76. The number of benzene rings is 1. The maximum absolute atomic E-state index is 12.9. The molecule has 0 N–H and O–H groups in total. The lowest BCUT2D eigenvalue weighted by Gasteiger charge is -2.35. The first-order valence-electron chi connectivity index (χ1n) is 10.2. The number of aromatic nitrogens is 1. The van der Waals surface area contributed by atoms with Gasteiger partial charge in [0.05, 0.1) is 6.54 Å². The summed E-state index contributed by atoms with van der Waals surface area (Å²) in [5.41, 5.74) is 2.78. The fraction of sp³-hybridized carbons (Fsp3) is 0.524. The Balaban J connectivity index is 1.59. The molecule has 0 unspecified atom stereocenters. The Morgan fingerprint density at radius 1 is 1.13 bits per heavy atom. The average Bonchev–Trinajstić information content (AvgIpc) is 3.07. The van der Waals surface area contributed by atoms with E-state index in [2.05, 4.69) is 29.1 Å². The molecule has 0 atom stereocenters. The standard InChI is InChI=1S/C21H30N4O4S/c1-5-23(14-19-9-7-6-8-16(19)2)15-20(26)24-10-12-25(13-11-24)30(27,28)21-17(3)22-29-18(21)4/h6-9H,5,10-15H2,1-4H3. The molecule has 164 valence electrons. The van der Waals surface area contributed by atoms with Crippen LogP contribution in [0.4, 0.5) is 0 Å². The van der Waals surface area contributed by atoms with Crippen molar-refractivity contribution in [2.24, 2.45) is 0 Å². The Hall–Kier alpha value is -2.23. The Kier molecular flexibility index (Phi) is 6.95. The number of sulfonamides is 1. The minimum absolute atomic E-state index is 0.0276. The molecule has 0 bridgehead atoms. The fourth-order valence-electron chi connectivity index (χ4n) is 3.75. The topological polar surface area (TPSA) is 87.0 Å². The zero-order valence-corrected chi connectivity index (χ0v) is 18.9. The van der Waals surface area contributed by atoms with Gasteiger partial charge in [-0.2, -0.15) is 4.31 Å². The first-order valence-corrected chi connectivity index (χ1v) is 11.7. The van der Waals surface area contributed by atoms with Crippen LogP contribution in [0.15, 0.2) is 33.7 Å². The van der Waals surface area contributed by atoms with Crippen molar-refractivity contribution >= 4 is 15.9 Å². The van der Waals surface area contributed by atoms with Crippen LogP contribution < -0.4 is 0 Å². The van der Waals surface area contributed by atoms with Gasteiger partial charge in [0.2, 0.25) is 15.9 Å². The van der Waals surface area contributed by atoms with Crippen molar-refractivity contribution in [1.29, 1.82) is 0 Å². The van der Waals surface area contributed by atoms with E-state index < -0.39 is 10.0 Å². The van der Waals surface area contributed by atoms with E-state index in [4.69, 9.17) is 4.52 Å². The number of rotatable bonds is 7. The zero-order valence-electron chi connectivity index (χ0n) is 18.1. The SMILES string of the molecule is CCN(CC(=O)N1CCN(S(=O)(=O)c2c(C)noc2C)CC1)Cc1ccccc1C. The molecule has 30 heavy (non-hydrogen) atoms. The van der Waals surface area contributed by atoms with Gasteiger partial charge in [0.25, 0.3) is 0 Å². The second-order valence-electron chi connectivity index (χ2n) is 7.67. The molecule has 1 aromatic carbocycles. The maximum atomic E-state index is 12.9. The maximum Gasteiger partial charge on any atom is 0.248 e. The minimum atomic E-state index is -3.67. The summed E-state index contributed by atoms with van der Waals surface area (Å²) in [6.45, 7) is 10.4. The fourth-order valence-corrected chi connectivity index (χ4v) is 5.46. The summed E-state index contributed by atoms with van der Waals surface area (Å²) in [5, 5.41) is 3.75. The molecule has 2 heterocycles. The summed E-state index contributed by atoms with van der Waals surface area (Å²) < 4.78 is 32.3. The Labute approximate surface area is 178 Å². The van der Waals surface area contributed by atoms with Crippen molar-refractivity contribution in [2.45, 2.75) is 39.1 Å². The number of aryl methyl sites for hydroxylation is 3. The summed E-state index contributed by atoms with van der Waals surface area (Å²) in [6, 6.07) is 8.18. The lowest BCUT2D eigenvalue weighted by Crippen LogP contribution is -2.52. The molecule has 1 amide bonds. The molecule has 0 saturated carbocycles. The van der Waals surface area contributed by atoms with Gasteiger partial charge < -0.3 is 9.42 Å². The van der Waals surface area contributed by atoms with Gasteiger partial charge >= 0.3 is 0 Å². The summed E-state index contributed by atoms with van der Waals surface area (Å²) in [4.78, 5) is 16.8. The molecule has 1 fully saturated rings. The molecule has 0 aliphatic carbocycles. The van der Waals surface area contributed by atoms with E-state index in [1.807, 2.05) is 19.1 Å². The predicted molar refractivity (Wildman–Crippen MR) is 113 cm³/mol. The van der Waals surface area contributed by atoms with E-state index in [1.54, 1.807) is 18.7 Å². The Morgan fingerprint density at radius 2 is 1.80 bits per heavy atom. The molecule has 9 heteroatoms. The average molecular weight is 435 g/mol. The third kappa shape index (κ3) is 4.74. The molecule has 3 rings (SSSR count). The summed E-state index contributed by atoms with van der Waals surface area (Å²) in [5.74, 6) is 0.320. The summed E-state index contributed by atoms with van der Waals surface area (Å²) >= 11 is 0. The van der Waals surface area contributed by atoms with Crippen LogP contribution >= 0.6 is 0 Å². The molecule has 2 aromatic rings. The molecule has 1 aromatic heterocycles. The highest BCUT2D eigenvalue weighted by molar-refractivity contribution is 7.89. The first-order chi connectivity index (χ1) is 14.2. The number of hydrogen-bond acceptors (Lipinski definition) is 6. The highest BCUT2D eigenvalue weighted by atomic mass is 32.2. The highest BCUT2D eigenvalue weighted by Gasteiger charge is 2.34. The lowest BCUT2D eigenvalue weighted by molar-refractivity contribution is -0.133. The zero-order chi connectivity index (χ0) is 21.9. The van der Waals surface area contributed by atoms with Crippen LogP contribution in [0, 0.1) is 20.8 Å². The molecule has 1 saturated heterocycles. The predicted octanol–water partition coefficient (Wildman–Crippen LogP) is 1.95. The van der Waals surface area contributed by atoms with Crippen molar-refractivity contribution in [1.82, 2.24) is 19.3 Å². The number of carbonyl (C=O) groups is 1. The normalized spacial score (nSPS) is 15.7. The summed E-state index contributed by atoms with van der Waals surface area (Å²) in [6.07, 6.45) is 0. The van der Waals surface area contributed by atoms with Crippen LogP contribution in [0.1, 0.15) is 29.5 Å². The van der Waals surface area contributed by atoms with E-state index in [-0.39, 0.29) is 23.9 Å². The van der Waals surface area contributed by atoms with Crippen molar-refractivity contribution in [3.05, 3.63) is 46.8 Å². The van der Waals surface area contributed by atoms with E-state index in [0.29, 0.717) is 31.1 Å².